The van der Waals surface area contributed by atoms with Gasteiger partial charge in [-0.25, -0.2) is 14.6 Å². The molecule has 1 fully saturated rings. The minimum absolute atomic E-state index is 0.0679. The lowest BCUT2D eigenvalue weighted by molar-refractivity contribution is -0.272. The van der Waals surface area contributed by atoms with Crippen molar-refractivity contribution in [3.05, 3.63) is 75.6 Å². The summed E-state index contributed by atoms with van der Waals surface area (Å²) in [5.74, 6) is -0.835. The Labute approximate surface area is 391 Å². The number of aromatic nitrogens is 2. The van der Waals surface area contributed by atoms with Gasteiger partial charge in [0.15, 0.2) is 16.6 Å². The molecular weight excluding hydrogens is 889 g/mol. The van der Waals surface area contributed by atoms with Crippen LogP contribution in [-0.2, 0) is 52.1 Å². The number of methoxy groups -OCH3 is 1. The molecule has 20 heteroatoms. The van der Waals surface area contributed by atoms with Crippen molar-refractivity contribution in [2.24, 2.45) is 11.7 Å². The summed E-state index contributed by atoms with van der Waals surface area (Å²) in [4.78, 5) is 61.7. The predicted molar refractivity (Wildman–Crippen MR) is 246 cm³/mol. The SMILES string of the molecule is CC[C@@]1(OC(=O)[C@H](CC(C)C)NC(=O)[C@H](CCCCN)NC(=S)Nc2ccc(O[C@H]3O[C@@H](C)[C@@H](O)[C@@H](OC)[C@@H]3O)cc2)C(=O)OCc2c1cc1n(c2=O)Cc2cc3cc4c(cc3nc2-1)OCO4. The first-order chi connectivity index (χ1) is 32.1. The Bertz CT molecular complexity index is 2610. The van der Waals surface area contributed by atoms with Crippen LogP contribution in [-0.4, -0.2) is 106 Å². The molecule has 4 aromatic rings. The maximum atomic E-state index is 14.5. The summed E-state index contributed by atoms with van der Waals surface area (Å²) < 4.78 is 41.3. The van der Waals surface area contributed by atoms with Crippen LogP contribution in [0.2, 0.25) is 0 Å². The topological polar surface area (TPSA) is 253 Å². The zero-order valence-electron chi connectivity index (χ0n) is 37.9. The molecule has 8 atom stereocenters. The normalized spacial score (nSPS) is 23.4. The molecule has 6 heterocycles. The van der Waals surface area contributed by atoms with Gasteiger partial charge in [-0.3, -0.25) is 9.59 Å². The van der Waals surface area contributed by atoms with Crippen molar-refractivity contribution in [1.29, 1.82) is 0 Å². The molecule has 19 nitrogen and oxygen atoms in total. The smallest absolute Gasteiger partial charge is 0.355 e. The maximum Gasteiger partial charge on any atom is 0.355 e. The molecule has 0 aliphatic carbocycles. The molecule has 0 radical (unpaired) electrons. The molecule has 1 amide bonds. The number of hydrogen-bond donors (Lipinski definition) is 6. The third-order valence-electron chi connectivity index (χ3n) is 12.5. The number of aliphatic hydroxyl groups excluding tert-OH is 2. The number of hydrogen-bond acceptors (Lipinski definition) is 16. The second-order valence-electron chi connectivity index (χ2n) is 17.5. The molecule has 1 saturated heterocycles. The molecule has 0 saturated carbocycles. The number of pyridine rings is 2. The number of rotatable bonds is 16. The number of carbonyl (C=O) groups excluding carboxylic acids is 3. The van der Waals surface area contributed by atoms with Crippen LogP contribution in [0, 0.1) is 5.92 Å². The predicted octanol–water partition coefficient (Wildman–Crippen LogP) is 3.23. The molecule has 0 unspecified atom stereocenters. The minimum Gasteiger partial charge on any atom is -0.462 e. The first kappa shape index (κ1) is 47.6. The highest BCUT2D eigenvalue weighted by Gasteiger charge is 2.51. The summed E-state index contributed by atoms with van der Waals surface area (Å²) in [6, 6.07) is 11.7. The van der Waals surface area contributed by atoms with Crippen LogP contribution in [0.25, 0.3) is 22.3 Å². The van der Waals surface area contributed by atoms with Crippen LogP contribution in [0.3, 0.4) is 0 Å². The third kappa shape index (κ3) is 9.50. The van der Waals surface area contributed by atoms with Crippen LogP contribution in [0.15, 0.2) is 53.3 Å². The fourth-order valence-electron chi connectivity index (χ4n) is 8.94. The lowest BCUT2D eigenvalue weighted by atomic mass is 9.85. The fourth-order valence-corrected chi connectivity index (χ4v) is 9.20. The third-order valence-corrected chi connectivity index (χ3v) is 12.8. The maximum absolute atomic E-state index is 14.5. The number of nitrogens with two attached hydrogens (primary N) is 1. The van der Waals surface area contributed by atoms with E-state index in [0.717, 1.165) is 10.9 Å². The van der Waals surface area contributed by atoms with E-state index in [0.29, 0.717) is 65.6 Å². The largest absolute Gasteiger partial charge is 0.462 e. The Kier molecular flexibility index (Phi) is 14.0. The number of nitrogens with zero attached hydrogens (tertiary/aromatic N) is 2. The number of fused-ring (bicyclic) bond motifs is 6. The lowest BCUT2D eigenvalue weighted by Crippen LogP contribution is -2.59. The van der Waals surface area contributed by atoms with Crippen LogP contribution in [0.5, 0.6) is 17.2 Å². The average molecular weight is 945 g/mol. The number of carbonyl (C=O) groups is 3. The molecule has 67 heavy (non-hydrogen) atoms. The van der Waals surface area contributed by atoms with E-state index in [-0.39, 0.29) is 54.9 Å². The summed E-state index contributed by atoms with van der Waals surface area (Å²) in [7, 11) is 1.39. The van der Waals surface area contributed by atoms with Crippen molar-refractivity contribution in [3.63, 3.8) is 0 Å². The zero-order valence-corrected chi connectivity index (χ0v) is 38.7. The number of amides is 1. The molecule has 2 aromatic carbocycles. The standard InChI is InChI=1S/C47H56N6O13S/c1-6-47(30-18-34-37-26(20-53(34)42(57)29(30)21-61-45(47)59)16-25-17-35-36(63-22-62-35)19-32(25)50-37)66-43(58)33(15-23(2)3)51-41(56)31(9-7-8-14-48)52-46(67)49-27-10-12-28(13-11-27)65-44-39(55)40(60-5)38(54)24(4)64-44/h10-13,16-19,23-24,31,33,38-40,44,54-55H,6-9,14-15,20-22,48H2,1-5H3,(H,51,56)(H2,49,52,67)/t24-,31-,33-,38+,39-,40+,44+,47-/m0/s1. The first-order valence-electron chi connectivity index (χ1n) is 22.4. The molecular formula is C47H56N6O13S. The van der Waals surface area contributed by atoms with Crippen LogP contribution in [0.1, 0.15) is 76.5 Å². The van der Waals surface area contributed by atoms with Gasteiger partial charge >= 0.3 is 11.9 Å². The molecule has 358 valence electrons. The van der Waals surface area contributed by atoms with Gasteiger partial charge in [-0.05, 0) is 106 Å². The van der Waals surface area contributed by atoms with Gasteiger partial charge in [0.25, 0.3) is 5.56 Å². The van der Waals surface area contributed by atoms with E-state index in [4.69, 9.17) is 56.1 Å². The summed E-state index contributed by atoms with van der Waals surface area (Å²) in [5, 5.41) is 30.9. The van der Waals surface area contributed by atoms with E-state index in [2.05, 4.69) is 16.0 Å². The zero-order chi connectivity index (χ0) is 47.7. The van der Waals surface area contributed by atoms with E-state index in [1.807, 2.05) is 26.0 Å². The molecule has 4 aliphatic heterocycles. The van der Waals surface area contributed by atoms with Crippen LogP contribution >= 0.6 is 12.2 Å². The van der Waals surface area contributed by atoms with Crippen molar-refractivity contribution in [1.82, 2.24) is 20.2 Å². The van der Waals surface area contributed by atoms with Crippen molar-refractivity contribution >= 4 is 51.8 Å². The monoisotopic (exact) mass is 944 g/mol. The summed E-state index contributed by atoms with van der Waals surface area (Å²) in [6.45, 7) is 7.51. The minimum atomic E-state index is -2.01. The highest BCUT2D eigenvalue weighted by molar-refractivity contribution is 7.80. The average Bonchev–Trinajstić information content (AvgIpc) is 3.91. The second-order valence-corrected chi connectivity index (χ2v) is 18.0. The number of esters is 2. The van der Waals surface area contributed by atoms with Crippen molar-refractivity contribution in [3.8, 4) is 28.6 Å². The van der Waals surface area contributed by atoms with Gasteiger partial charge in [-0.2, -0.15) is 0 Å². The van der Waals surface area contributed by atoms with Gasteiger partial charge in [0, 0.05) is 35.4 Å². The van der Waals surface area contributed by atoms with Gasteiger partial charge < -0.3 is 69.6 Å². The number of cyclic esters (lactones) is 1. The Morgan fingerprint density at radius 1 is 1.01 bits per heavy atom. The van der Waals surface area contributed by atoms with E-state index in [1.165, 1.54) is 7.11 Å². The molecule has 0 bridgehead atoms. The highest BCUT2D eigenvalue weighted by atomic mass is 32.1. The number of unbranched alkanes of at least 4 members (excludes halogenated alkanes) is 1. The van der Waals surface area contributed by atoms with Crippen molar-refractivity contribution < 1.29 is 57.8 Å². The van der Waals surface area contributed by atoms with E-state index in [9.17, 15) is 29.4 Å². The van der Waals surface area contributed by atoms with Crippen molar-refractivity contribution in [2.75, 3.05) is 25.8 Å². The highest BCUT2D eigenvalue weighted by Crippen LogP contribution is 2.43. The summed E-state index contributed by atoms with van der Waals surface area (Å²) in [6.07, 6.45) is -3.34. The number of ether oxygens (including phenoxy) is 7. The summed E-state index contributed by atoms with van der Waals surface area (Å²) >= 11 is 5.64. The molecule has 8 rings (SSSR count). The lowest BCUT2D eigenvalue weighted by Gasteiger charge is -2.40. The van der Waals surface area contributed by atoms with E-state index < -0.39 is 71.8 Å². The summed E-state index contributed by atoms with van der Waals surface area (Å²) in [5.41, 5.74) is 6.74. The Balaban J connectivity index is 0.987. The second kappa shape index (κ2) is 19.7. The van der Waals surface area contributed by atoms with Gasteiger partial charge in [-0.15, -0.1) is 0 Å². The van der Waals surface area contributed by atoms with Gasteiger partial charge in [-0.1, -0.05) is 20.8 Å². The van der Waals surface area contributed by atoms with Crippen LogP contribution in [0.4, 0.5) is 5.69 Å². The fraction of sp³-hybridized carbons (Fsp3) is 0.489. The number of benzene rings is 2. The van der Waals surface area contributed by atoms with Crippen LogP contribution < -0.4 is 41.5 Å². The Hall–Kier alpha value is -5.90. The van der Waals surface area contributed by atoms with Crippen molar-refractivity contribution in [2.45, 2.75) is 121 Å². The number of thiocarbonyl (C=S) groups is 1. The number of nitrogens with one attached hydrogen (secondary N) is 3. The molecule has 4 aliphatic rings. The first-order valence-corrected chi connectivity index (χ1v) is 22.8. The number of aliphatic hydroxyl groups is 2. The van der Waals surface area contributed by atoms with E-state index >= 15 is 0 Å². The molecule has 7 N–H and O–H groups in total. The quantitative estimate of drug-likeness (QED) is 0.0472. The molecule has 0 spiro atoms. The van der Waals surface area contributed by atoms with E-state index in [1.54, 1.807) is 54.8 Å². The van der Waals surface area contributed by atoms with Gasteiger partial charge in [0.1, 0.15) is 42.8 Å². The molecule has 2 aromatic heterocycles. The Morgan fingerprint density at radius 3 is 2.46 bits per heavy atom. The number of anilines is 1. The van der Waals surface area contributed by atoms with Gasteiger partial charge in [0.05, 0.1) is 35.1 Å². The van der Waals surface area contributed by atoms with Gasteiger partial charge in [0.2, 0.25) is 24.6 Å². The Morgan fingerprint density at radius 2 is 1.76 bits per heavy atom.